The molecule has 0 amide bonds. The Bertz CT molecular complexity index is 445. The van der Waals surface area contributed by atoms with Crippen LogP contribution in [-0.4, -0.2) is 28.7 Å². The van der Waals surface area contributed by atoms with E-state index < -0.39 is 5.97 Å². The summed E-state index contributed by atoms with van der Waals surface area (Å²) in [5.41, 5.74) is 0.597. The number of esters is 1. The summed E-state index contributed by atoms with van der Waals surface area (Å²) >= 11 is 5.55. The summed E-state index contributed by atoms with van der Waals surface area (Å²) < 4.78 is 6.08. The summed E-state index contributed by atoms with van der Waals surface area (Å²) in [6.07, 6.45) is 4.67. The van der Waals surface area contributed by atoms with Gasteiger partial charge in [0.15, 0.2) is 0 Å². The van der Waals surface area contributed by atoms with Crippen LogP contribution in [-0.2, 0) is 16.1 Å². The Balaban J connectivity index is 2.88. The van der Waals surface area contributed by atoms with Crippen LogP contribution in [0.5, 0.6) is 0 Å². The first-order valence-electron chi connectivity index (χ1n) is 4.49. The van der Waals surface area contributed by atoms with Gasteiger partial charge in [-0.3, -0.25) is 4.68 Å². The molecule has 0 aliphatic rings. The van der Waals surface area contributed by atoms with E-state index in [9.17, 15) is 4.79 Å². The first-order valence-corrected chi connectivity index (χ1v) is 5.03. The monoisotopic (exact) mass is 239 g/mol. The fourth-order valence-corrected chi connectivity index (χ4v) is 1.25. The molecule has 0 spiro atoms. The van der Waals surface area contributed by atoms with E-state index in [1.165, 1.54) is 13.2 Å². The number of rotatable bonds is 4. The van der Waals surface area contributed by atoms with E-state index in [1.807, 2.05) is 0 Å². The molecule has 0 saturated carbocycles. The maximum absolute atomic E-state index is 11.1. The maximum Gasteiger partial charge on any atom is 0.348 e. The number of carbonyl (C=O) groups excluding carboxylic acids is 1. The smallest absolute Gasteiger partial charge is 0.348 e. The molecule has 0 bridgehead atoms. The highest BCUT2D eigenvalue weighted by Crippen LogP contribution is 2.07. The number of alkyl halides is 1. The lowest BCUT2D eigenvalue weighted by atomic mass is 10.2. The normalized spacial score (nSPS) is 10.9. The molecule has 0 radical (unpaired) electrons. The molecule has 6 heteroatoms. The van der Waals surface area contributed by atoms with Gasteiger partial charge in [0.2, 0.25) is 0 Å². The average Bonchev–Trinajstić information content (AvgIpc) is 2.73. The topological polar surface area (TPSA) is 67.9 Å². The minimum Gasteiger partial charge on any atom is -0.465 e. The van der Waals surface area contributed by atoms with Gasteiger partial charge in [-0.1, -0.05) is 0 Å². The molecular formula is C10H10ClN3O2. The summed E-state index contributed by atoms with van der Waals surface area (Å²) in [6.45, 7) is 0.579. The highest BCUT2D eigenvalue weighted by molar-refractivity contribution is 6.17. The lowest BCUT2D eigenvalue weighted by Gasteiger charge is -1.95. The number of carbonyl (C=O) groups is 1. The zero-order valence-corrected chi connectivity index (χ0v) is 9.44. The van der Waals surface area contributed by atoms with Gasteiger partial charge in [0.1, 0.15) is 11.6 Å². The van der Waals surface area contributed by atoms with Crippen molar-refractivity contribution in [2.75, 3.05) is 13.0 Å². The number of aryl methyl sites for hydroxylation is 1. The molecule has 0 aliphatic carbocycles. The Morgan fingerprint density at radius 3 is 3.12 bits per heavy atom. The van der Waals surface area contributed by atoms with Crippen LogP contribution in [0.15, 0.2) is 18.0 Å². The number of ether oxygens (including phenoxy) is 1. The van der Waals surface area contributed by atoms with E-state index >= 15 is 0 Å². The standard InChI is InChI=1S/C10H10ClN3O2/c1-16-10(15)9(5-12)4-8-6-13-14(7-8)3-2-11/h4,6-7H,2-3H2,1H3/b9-4-. The van der Waals surface area contributed by atoms with Crippen molar-refractivity contribution in [2.24, 2.45) is 0 Å². The molecule has 0 N–H and O–H groups in total. The number of halogens is 1. The number of methoxy groups -OCH3 is 1. The van der Waals surface area contributed by atoms with Gasteiger partial charge in [-0.05, 0) is 6.08 Å². The van der Waals surface area contributed by atoms with E-state index in [0.717, 1.165) is 0 Å². The first-order chi connectivity index (χ1) is 7.71. The van der Waals surface area contributed by atoms with Crippen molar-refractivity contribution in [3.05, 3.63) is 23.5 Å². The Morgan fingerprint density at radius 2 is 2.56 bits per heavy atom. The van der Waals surface area contributed by atoms with Crippen molar-refractivity contribution in [2.45, 2.75) is 6.54 Å². The van der Waals surface area contributed by atoms with Crippen LogP contribution in [0.2, 0.25) is 0 Å². The Hall–Kier alpha value is -1.80. The van der Waals surface area contributed by atoms with Gasteiger partial charge in [-0.2, -0.15) is 10.4 Å². The zero-order valence-electron chi connectivity index (χ0n) is 8.68. The van der Waals surface area contributed by atoms with Gasteiger partial charge < -0.3 is 4.74 Å². The minimum absolute atomic E-state index is 0.0621. The number of nitriles is 1. The molecule has 1 aromatic rings. The number of aromatic nitrogens is 2. The third-order valence-electron chi connectivity index (χ3n) is 1.80. The van der Waals surface area contributed by atoms with E-state index in [2.05, 4.69) is 9.84 Å². The molecule has 16 heavy (non-hydrogen) atoms. The number of hydrogen-bond acceptors (Lipinski definition) is 4. The predicted molar refractivity (Wildman–Crippen MR) is 58.6 cm³/mol. The highest BCUT2D eigenvalue weighted by Gasteiger charge is 2.08. The first kappa shape index (κ1) is 12.3. The molecule has 0 aromatic carbocycles. The second-order valence-corrected chi connectivity index (χ2v) is 3.27. The summed E-state index contributed by atoms with van der Waals surface area (Å²) in [5, 5.41) is 12.7. The molecular weight excluding hydrogens is 230 g/mol. The van der Waals surface area contributed by atoms with Crippen molar-refractivity contribution in [1.82, 2.24) is 9.78 Å². The molecule has 0 aliphatic heterocycles. The van der Waals surface area contributed by atoms with Crippen LogP contribution in [0.25, 0.3) is 6.08 Å². The molecule has 5 nitrogen and oxygen atoms in total. The van der Waals surface area contributed by atoms with Gasteiger partial charge in [-0.15, -0.1) is 11.6 Å². The van der Waals surface area contributed by atoms with E-state index in [4.69, 9.17) is 16.9 Å². The van der Waals surface area contributed by atoms with Crippen molar-refractivity contribution in [3.8, 4) is 6.07 Å². The SMILES string of the molecule is COC(=O)/C(C#N)=C\c1cnn(CCCl)c1. The molecule has 1 aromatic heterocycles. The summed E-state index contributed by atoms with van der Waals surface area (Å²) in [6, 6.07) is 1.77. The van der Waals surface area contributed by atoms with Crippen LogP contribution in [0.4, 0.5) is 0 Å². The lowest BCUT2D eigenvalue weighted by molar-refractivity contribution is -0.135. The van der Waals surface area contributed by atoms with E-state index in [0.29, 0.717) is 18.0 Å². The number of hydrogen-bond donors (Lipinski definition) is 0. The molecule has 1 heterocycles. The number of nitrogens with zero attached hydrogens (tertiary/aromatic N) is 3. The molecule has 84 valence electrons. The van der Waals surface area contributed by atoms with Gasteiger partial charge in [0, 0.05) is 17.6 Å². The minimum atomic E-state index is -0.660. The van der Waals surface area contributed by atoms with Gasteiger partial charge in [-0.25, -0.2) is 4.79 Å². The Labute approximate surface area is 97.9 Å². The van der Waals surface area contributed by atoms with E-state index in [-0.39, 0.29) is 5.57 Å². The maximum atomic E-state index is 11.1. The van der Waals surface area contributed by atoms with Gasteiger partial charge in [0.25, 0.3) is 0 Å². The van der Waals surface area contributed by atoms with Crippen LogP contribution in [0, 0.1) is 11.3 Å². The van der Waals surface area contributed by atoms with Crippen molar-refractivity contribution < 1.29 is 9.53 Å². The van der Waals surface area contributed by atoms with Crippen LogP contribution < -0.4 is 0 Å². The fraction of sp³-hybridized carbons (Fsp3) is 0.300. The second kappa shape index (κ2) is 5.93. The van der Waals surface area contributed by atoms with E-state index in [1.54, 1.807) is 23.1 Å². The van der Waals surface area contributed by atoms with Gasteiger partial charge in [0.05, 0.1) is 19.9 Å². The third-order valence-corrected chi connectivity index (χ3v) is 1.97. The lowest BCUT2D eigenvalue weighted by Crippen LogP contribution is -2.02. The Kier molecular flexibility index (Phi) is 4.55. The zero-order chi connectivity index (χ0) is 12.0. The molecule has 0 fully saturated rings. The third kappa shape index (κ3) is 3.11. The molecule has 0 unspecified atom stereocenters. The molecule has 0 saturated heterocycles. The van der Waals surface area contributed by atoms with Crippen LogP contribution >= 0.6 is 11.6 Å². The van der Waals surface area contributed by atoms with Crippen molar-refractivity contribution in [3.63, 3.8) is 0 Å². The summed E-state index contributed by atoms with van der Waals surface area (Å²) in [5.74, 6) is -0.208. The van der Waals surface area contributed by atoms with Crippen LogP contribution in [0.1, 0.15) is 5.56 Å². The van der Waals surface area contributed by atoms with Crippen LogP contribution in [0.3, 0.4) is 0 Å². The van der Waals surface area contributed by atoms with Crippen molar-refractivity contribution >= 4 is 23.6 Å². The summed E-state index contributed by atoms with van der Waals surface area (Å²) in [7, 11) is 1.23. The fourth-order valence-electron chi connectivity index (χ4n) is 1.08. The largest absolute Gasteiger partial charge is 0.465 e. The quantitative estimate of drug-likeness (QED) is 0.343. The summed E-state index contributed by atoms with van der Waals surface area (Å²) in [4.78, 5) is 11.1. The second-order valence-electron chi connectivity index (χ2n) is 2.89. The Morgan fingerprint density at radius 1 is 1.81 bits per heavy atom. The molecule has 1 rings (SSSR count). The van der Waals surface area contributed by atoms with Gasteiger partial charge >= 0.3 is 5.97 Å². The van der Waals surface area contributed by atoms with Crippen molar-refractivity contribution in [1.29, 1.82) is 5.26 Å². The highest BCUT2D eigenvalue weighted by atomic mass is 35.5. The average molecular weight is 240 g/mol. The molecule has 0 atom stereocenters. The predicted octanol–water partition coefficient (Wildman–Crippen LogP) is 1.20.